The molecule has 1 aromatic rings. The molecule has 7 heteroatoms. The maximum atomic E-state index is 13.6. The van der Waals surface area contributed by atoms with Crippen molar-refractivity contribution in [3.63, 3.8) is 0 Å². The van der Waals surface area contributed by atoms with E-state index < -0.39 is 17.7 Å². The number of fused-ring (bicyclic) bond motifs is 2. The van der Waals surface area contributed by atoms with Crippen LogP contribution < -0.4 is 0 Å². The lowest BCUT2D eigenvalue weighted by atomic mass is 9.80. The van der Waals surface area contributed by atoms with E-state index in [0.717, 1.165) is 18.2 Å². The molecule has 0 aromatic carbocycles. The van der Waals surface area contributed by atoms with Gasteiger partial charge < -0.3 is 9.52 Å². The van der Waals surface area contributed by atoms with Crippen molar-refractivity contribution in [1.82, 2.24) is 14.7 Å². The first kappa shape index (κ1) is 19.3. The molecule has 2 amide bonds. The quantitative estimate of drug-likeness (QED) is 0.771. The third-order valence-corrected chi connectivity index (χ3v) is 7.34. The molecular weight excluding hydrogens is 370 g/mol. The van der Waals surface area contributed by atoms with Crippen LogP contribution >= 0.6 is 0 Å². The number of aliphatic hydroxyl groups excluding tert-OH is 1. The first-order valence-electron chi connectivity index (χ1n) is 11.0. The molecule has 1 aromatic heterocycles. The first-order valence-corrected chi connectivity index (χ1v) is 11.0. The minimum atomic E-state index is -0.674. The van der Waals surface area contributed by atoms with Crippen molar-refractivity contribution in [3.05, 3.63) is 23.7 Å². The van der Waals surface area contributed by atoms with Gasteiger partial charge in [0.05, 0.1) is 18.7 Å². The van der Waals surface area contributed by atoms with Gasteiger partial charge in [-0.2, -0.15) is 0 Å². The van der Waals surface area contributed by atoms with E-state index in [-0.39, 0.29) is 18.4 Å². The van der Waals surface area contributed by atoms with Crippen molar-refractivity contribution < 1.29 is 19.1 Å². The van der Waals surface area contributed by atoms with Gasteiger partial charge in [0.1, 0.15) is 17.1 Å². The maximum Gasteiger partial charge on any atom is 0.252 e. The van der Waals surface area contributed by atoms with Gasteiger partial charge in [-0.1, -0.05) is 19.3 Å². The Morgan fingerprint density at radius 2 is 1.93 bits per heavy atom. The van der Waals surface area contributed by atoms with Crippen LogP contribution in [-0.2, 0) is 16.1 Å². The standard InChI is InChI=1S/C22H31N3O4/c1-15-7-8-18(29-15)12-24-20(27)19-9-17(26)11-25(19)22(21(24)28)13-23(14-22)10-16-5-3-2-4-6-16/h7-8,16-17,19,26H,2-6,9-14H2,1H3/t17-,19+/m1/s1. The molecule has 1 saturated carbocycles. The van der Waals surface area contributed by atoms with E-state index >= 15 is 0 Å². The summed E-state index contributed by atoms with van der Waals surface area (Å²) in [5.41, 5.74) is -0.674. The van der Waals surface area contributed by atoms with E-state index in [1.807, 2.05) is 24.0 Å². The summed E-state index contributed by atoms with van der Waals surface area (Å²) < 4.78 is 5.64. The number of piperazine rings is 1. The predicted molar refractivity (Wildman–Crippen MR) is 106 cm³/mol. The molecule has 29 heavy (non-hydrogen) atoms. The van der Waals surface area contributed by atoms with E-state index in [1.54, 1.807) is 0 Å². The van der Waals surface area contributed by atoms with Crippen molar-refractivity contribution in [2.75, 3.05) is 26.2 Å². The number of carbonyl (C=O) groups excluding carboxylic acids is 2. The Bertz CT molecular complexity index is 794. The SMILES string of the molecule is Cc1ccc(CN2C(=O)[C@@H]3C[C@@H](O)CN3C3(CN(CC4CCCCC4)C3)C2=O)o1. The van der Waals surface area contributed by atoms with Crippen LogP contribution in [0.25, 0.3) is 0 Å². The molecule has 7 nitrogen and oxygen atoms in total. The molecule has 4 aliphatic rings. The van der Waals surface area contributed by atoms with E-state index in [9.17, 15) is 14.7 Å². The molecule has 3 aliphatic heterocycles. The minimum absolute atomic E-state index is 0.123. The normalized spacial score (nSPS) is 30.8. The summed E-state index contributed by atoms with van der Waals surface area (Å²) >= 11 is 0. The lowest BCUT2D eigenvalue weighted by Gasteiger charge is -2.59. The minimum Gasteiger partial charge on any atom is -0.464 e. The zero-order valence-corrected chi connectivity index (χ0v) is 17.2. The molecule has 5 rings (SSSR count). The van der Waals surface area contributed by atoms with Gasteiger partial charge in [-0.15, -0.1) is 0 Å². The van der Waals surface area contributed by atoms with Crippen LogP contribution in [0.1, 0.15) is 50.0 Å². The highest BCUT2D eigenvalue weighted by Crippen LogP contribution is 2.41. The van der Waals surface area contributed by atoms with E-state index in [4.69, 9.17) is 4.42 Å². The lowest BCUT2D eigenvalue weighted by Crippen LogP contribution is -2.81. The number of likely N-dealkylation sites (tertiary alicyclic amines) is 1. The third-order valence-electron chi connectivity index (χ3n) is 7.34. The molecule has 1 spiro atoms. The summed E-state index contributed by atoms with van der Waals surface area (Å²) in [5, 5.41) is 10.3. The Morgan fingerprint density at radius 3 is 2.62 bits per heavy atom. The number of nitrogens with zero attached hydrogens (tertiary/aromatic N) is 3. The molecule has 1 N–H and O–H groups in total. The Kier molecular flexibility index (Phi) is 4.80. The fourth-order valence-electron chi connectivity index (χ4n) is 5.93. The number of aliphatic hydroxyl groups is 1. The van der Waals surface area contributed by atoms with Gasteiger partial charge in [0, 0.05) is 26.2 Å². The lowest BCUT2D eigenvalue weighted by molar-refractivity contribution is -0.181. The van der Waals surface area contributed by atoms with Crippen molar-refractivity contribution in [2.24, 2.45) is 5.92 Å². The number of β-amino-alcohol motifs (C(OH)–C–C–N with tert-alkyl or cyclic N) is 1. The van der Waals surface area contributed by atoms with E-state index in [1.165, 1.54) is 37.0 Å². The fraction of sp³-hybridized carbons (Fsp3) is 0.727. The van der Waals surface area contributed by atoms with Crippen molar-refractivity contribution in [1.29, 1.82) is 0 Å². The second-order valence-electron chi connectivity index (χ2n) is 9.50. The van der Waals surface area contributed by atoms with Crippen LogP contribution in [0.15, 0.2) is 16.5 Å². The smallest absolute Gasteiger partial charge is 0.252 e. The average molecular weight is 402 g/mol. The van der Waals surface area contributed by atoms with Crippen LogP contribution in [0.2, 0.25) is 0 Å². The molecule has 0 radical (unpaired) electrons. The molecule has 3 saturated heterocycles. The summed E-state index contributed by atoms with van der Waals surface area (Å²) in [5.74, 6) is 1.80. The number of hydrogen-bond acceptors (Lipinski definition) is 6. The monoisotopic (exact) mass is 401 g/mol. The largest absolute Gasteiger partial charge is 0.464 e. The topological polar surface area (TPSA) is 77.2 Å². The summed E-state index contributed by atoms with van der Waals surface area (Å²) in [6.07, 6.45) is 6.39. The van der Waals surface area contributed by atoms with Crippen molar-refractivity contribution in [2.45, 2.75) is 69.7 Å². The van der Waals surface area contributed by atoms with Crippen molar-refractivity contribution >= 4 is 11.8 Å². The van der Waals surface area contributed by atoms with Gasteiger partial charge in [-0.25, -0.2) is 0 Å². The Morgan fingerprint density at radius 1 is 1.17 bits per heavy atom. The molecule has 4 heterocycles. The summed E-state index contributed by atoms with van der Waals surface area (Å²) in [6.45, 7) is 4.80. The average Bonchev–Trinajstić information content (AvgIpc) is 3.27. The number of imide groups is 1. The zero-order valence-electron chi connectivity index (χ0n) is 17.2. The Labute approximate surface area is 171 Å². The number of carbonyl (C=O) groups is 2. The van der Waals surface area contributed by atoms with Crippen LogP contribution in [0, 0.1) is 12.8 Å². The molecule has 1 aliphatic carbocycles. The number of rotatable bonds is 4. The summed E-state index contributed by atoms with van der Waals surface area (Å²) in [4.78, 5) is 32.4. The number of furan rings is 1. The molecule has 2 atom stereocenters. The summed E-state index contributed by atoms with van der Waals surface area (Å²) in [7, 11) is 0. The molecular formula is C22H31N3O4. The predicted octanol–water partition coefficient (Wildman–Crippen LogP) is 1.53. The van der Waals surface area contributed by atoms with Crippen molar-refractivity contribution in [3.8, 4) is 0 Å². The zero-order chi connectivity index (χ0) is 20.2. The van der Waals surface area contributed by atoms with E-state index in [0.29, 0.717) is 31.8 Å². The third kappa shape index (κ3) is 3.23. The Hall–Kier alpha value is -1.70. The van der Waals surface area contributed by atoms with Gasteiger partial charge >= 0.3 is 0 Å². The second kappa shape index (κ2) is 7.22. The van der Waals surface area contributed by atoms with Crippen LogP contribution in [0.4, 0.5) is 0 Å². The first-order chi connectivity index (χ1) is 14.0. The highest BCUT2D eigenvalue weighted by atomic mass is 16.3. The molecule has 4 fully saturated rings. The molecule has 0 bridgehead atoms. The van der Waals surface area contributed by atoms with Gasteiger partial charge in [-0.3, -0.25) is 24.3 Å². The van der Waals surface area contributed by atoms with Gasteiger partial charge in [0.15, 0.2) is 0 Å². The van der Waals surface area contributed by atoms with Crippen LogP contribution in [-0.4, -0.2) is 75.5 Å². The van der Waals surface area contributed by atoms with Crippen LogP contribution in [0.3, 0.4) is 0 Å². The van der Waals surface area contributed by atoms with Gasteiger partial charge in [0.25, 0.3) is 5.91 Å². The maximum absolute atomic E-state index is 13.6. The molecule has 158 valence electrons. The Balaban J connectivity index is 1.35. The van der Waals surface area contributed by atoms with Gasteiger partial charge in [-0.05, 0) is 44.2 Å². The molecule has 0 unspecified atom stereocenters. The number of amides is 2. The second-order valence-corrected chi connectivity index (χ2v) is 9.50. The highest BCUT2D eigenvalue weighted by Gasteiger charge is 2.64. The number of aryl methyl sites for hydroxylation is 1. The van der Waals surface area contributed by atoms with Crippen LogP contribution in [0.5, 0.6) is 0 Å². The van der Waals surface area contributed by atoms with Gasteiger partial charge in [0.2, 0.25) is 5.91 Å². The summed E-state index contributed by atoms with van der Waals surface area (Å²) in [6, 6.07) is 3.27. The van der Waals surface area contributed by atoms with E-state index in [2.05, 4.69) is 4.90 Å². The fourth-order valence-corrected chi connectivity index (χ4v) is 5.93. The highest BCUT2D eigenvalue weighted by molar-refractivity contribution is 6.06. The number of hydrogen-bond donors (Lipinski definition) is 1.